The first-order valence-electron chi connectivity index (χ1n) is 12.1. The van der Waals surface area contributed by atoms with Crippen molar-refractivity contribution in [1.29, 1.82) is 0 Å². The van der Waals surface area contributed by atoms with Crippen molar-refractivity contribution in [3.63, 3.8) is 0 Å². The smallest absolute Gasteiger partial charge is 0.224 e. The third kappa shape index (κ3) is 5.52. The van der Waals surface area contributed by atoms with Crippen LogP contribution in [0.15, 0.2) is 28.2 Å². The van der Waals surface area contributed by atoms with E-state index in [-0.39, 0.29) is 11.8 Å². The molecule has 2 saturated carbocycles. The number of benzene rings is 1. The van der Waals surface area contributed by atoms with E-state index >= 15 is 0 Å². The van der Waals surface area contributed by atoms with Gasteiger partial charge < -0.3 is 20.3 Å². The predicted molar refractivity (Wildman–Crippen MR) is 127 cm³/mol. The van der Waals surface area contributed by atoms with Crippen molar-refractivity contribution < 1.29 is 9.13 Å². The van der Waals surface area contributed by atoms with E-state index in [1.807, 2.05) is 0 Å². The number of guanidine groups is 2. The average Bonchev–Trinajstić information content (AvgIpc) is 3.03. The SMILES string of the molecule is COc1ccc(NC2=NC(NC3CCCCCC3)=NC(N)N2C2CCC(C)CC2)cc1F. The summed E-state index contributed by atoms with van der Waals surface area (Å²) in [5, 5.41) is 6.85. The molecule has 32 heavy (non-hydrogen) atoms. The van der Waals surface area contributed by atoms with Crippen molar-refractivity contribution in [2.24, 2.45) is 21.6 Å². The molecule has 0 radical (unpaired) electrons. The van der Waals surface area contributed by atoms with Crippen LogP contribution in [-0.2, 0) is 0 Å². The van der Waals surface area contributed by atoms with E-state index in [0.717, 1.165) is 44.4 Å². The lowest BCUT2D eigenvalue weighted by atomic mass is 9.86. The Hall–Kier alpha value is -2.35. The number of halogens is 1. The van der Waals surface area contributed by atoms with Gasteiger partial charge in [-0.3, -0.25) is 5.73 Å². The number of nitrogens with one attached hydrogen (secondary N) is 2. The molecule has 0 aromatic heterocycles. The number of methoxy groups -OCH3 is 1. The van der Waals surface area contributed by atoms with E-state index in [0.29, 0.717) is 23.6 Å². The highest BCUT2D eigenvalue weighted by molar-refractivity contribution is 6.03. The summed E-state index contributed by atoms with van der Waals surface area (Å²) in [4.78, 5) is 11.6. The quantitative estimate of drug-likeness (QED) is 0.599. The van der Waals surface area contributed by atoms with Gasteiger partial charge in [0.15, 0.2) is 17.9 Å². The number of rotatable bonds is 4. The average molecular weight is 445 g/mol. The zero-order valence-corrected chi connectivity index (χ0v) is 19.3. The lowest BCUT2D eigenvalue weighted by Crippen LogP contribution is -2.57. The molecule has 1 unspecified atom stereocenters. The molecule has 4 N–H and O–H groups in total. The molecule has 176 valence electrons. The summed E-state index contributed by atoms with van der Waals surface area (Å²) in [5.74, 6) is 1.73. The van der Waals surface area contributed by atoms with Gasteiger partial charge in [-0.15, -0.1) is 0 Å². The zero-order chi connectivity index (χ0) is 22.5. The molecule has 7 nitrogen and oxygen atoms in total. The fourth-order valence-corrected chi connectivity index (χ4v) is 5.05. The molecule has 2 fully saturated rings. The second-order valence-corrected chi connectivity index (χ2v) is 9.43. The summed E-state index contributed by atoms with van der Waals surface area (Å²) in [7, 11) is 1.46. The normalized spacial score (nSPS) is 27.2. The number of nitrogens with two attached hydrogens (primary N) is 1. The second kappa shape index (κ2) is 10.5. The zero-order valence-electron chi connectivity index (χ0n) is 19.3. The van der Waals surface area contributed by atoms with Crippen molar-refractivity contribution in [2.75, 3.05) is 12.4 Å². The van der Waals surface area contributed by atoms with Gasteiger partial charge in [0.1, 0.15) is 0 Å². The van der Waals surface area contributed by atoms with Gasteiger partial charge in [-0.1, -0.05) is 32.6 Å². The van der Waals surface area contributed by atoms with E-state index in [9.17, 15) is 4.39 Å². The molecule has 1 aromatic rings. The Morgan fingerprint density at radius 3 is 2.44 bits per heavy atom. The molecule has 4 rings (SSSR count). The van der Waals surface area contributed by atoms with E-state index in [4.69, 9.17) is 20.5 Å². The Kier molecular flexibility index (Phi) is 7.50. The highest BCUT2D eigenvalue weighted by Crippen LogP contribution is 2.30. The number of ether oxygens (including phenoxy) is 1. The van der Waals surface area contributed by atoms with E-state index in [2.05, 4.69) is 22.5 Å². The summed E-state index contributed by atoms with van der Waals surface area (Å²) in [6.45, 7) is 2.30. The number of hydrogen-bond acceptors (Lipinski definition) is 7. The van der Waals surface area contributed by atoms with E-state index in [1.165, 1.54) is 38.9 Å². The van der Waals surface area contributed by atoms with Crippen molar-refractivity contribution in [3.8, 4) is 5.75 Å². The van der Waals surface area contributed by atoms with Crippen LogP contribution in [0.3, 0.4) is 0 Å². The molecule has 1 heterocycles. The van der Waals surface area contributed by atoms with Crippen molar-refractivity contribution in [3.05, 3.63) is 24.0 Å². The molecule has 1 atom stereocenters. The second-order valence-electron chi connectivity index (χ2n) is 9.43. The van der Waals surface area contributed by atoms with Crippen LogP contribution in [0.5, 0.6) is 5.75 Å². The van der Waals surface area contributed by atoms with Crippen molar-refractivity contribution >= 4 is 17.6 Å². The van der Waals surface area contributed by atoms with Crippen LogP contribution < -0.4 is 21.1 Å². The lowest BCUT2D eigenvalue weighted by Gasteiger charge is -2.41. The summed E-state index contributed by atoms with van der Waals surface area (Å²) < 4.78 is 19.4. The predicted octanol–water partition coefficient (Wildman–Crippen LogP) is 4.41. The van der Waals surface area contributed by atoms with Gasteiger partial charge in [0.05, 0.1) is 7.11 Å². The first kappa shape index (κ1) is 22.8. The number of nitrogens with zero attached hydrogens (tertiary/aromatic N) is 3. The van der Waals surface area contributed by atoms with Gasteiger partial charge in [-0.2, -0.15) is 4.99 Å². The Bertz CT molecular complexity index is 828. The van der Waals surface area contributed by atoms with Gasteiger partial charge in [0.2, 0.25) is 11.9 Å². The third-order valence-electron chi connectivity index (χ3n) is 6.97. The number of hydrogen-bond donors (Lipinski definition) is 3. The minimum Gasteiger partial charge on any atom is -0.494 e. The Labute approximate surface area is 190 Å². The summed E-state index contributed by atoms with van der Waals surface area (Å²) in [6.07, 6.45) is 11.2. The standard InChI is InChI=1S/C24H37FN6O/c1-16-9-12-19(13-10-16)31-22(26)29-23(27-17-7-5-3-4-6-8-17)30-24(31)28-18-11-14-21(32-2)20(25)15-18/h11,14-17,19,22H,3-10,12-13,26H2,1-2H3,(H2,27,28,29,30). The fourth-order valence-electron chi connectivity index (χ4n) is 5.05. The summed E-state index contributed by atoms with van der Waals surface area (Å²) in [6, 6.07) is 5.47. The molecule has 0 saturated heterocycles. The van der Waals surface area contributed by atoms with Crippen LogP contribution in [-0.4, -0.2) is 42.3 Å². The third-order valence-corrected chi connectivity index (χ3v) is 6.97. The molecule has 1 aromatic carbocycles. The minimum atomic E-state index is -0.523. The monoisotopic (exact) mass is 444 g/mol. The topological polar surface area (TPSA) is 87.3 Å². The van der Waals surface area contributed by atoms with E-state index < -0.39 is 12.1 Å². The molecular weight excluding hydrogens is 407 g/mol. The van der Waals surface area contributed by atoms with Crippen LogP contribution >= 0.6 is 0 Å². The summed E-state index contributed by atoms with van der Waals surface area (Å²) in [5.41, 5.74) is 7.18. The number of aliphatic imine (C=N–C) groups is 2. The van der Waals surface area contributed by atoms with Gasteiger partial charge in [0.25, 0.3) is 0 Å². The molecule has 3 aliphatic rings. The molecule has 0 bridgehead atoms. The van der Waals surface area contributed by atoms with Crippen LogP contribution in [0, 0.1) is 11.7 Å². The maximum atomic E-state index is 14.3. The van der Waals surface area contributed by atoms with Crippen LogP contribution in [0.4, 0.5) is 10.1 Å². The maximum Gasteiger partial charge on any atom is 0.224 e. The van der Waals surface area contributed by atoms with Crippen LogP contribution in [0.25, 0.3) is 0 Å². The van der Waals surface area contributed by atoms with Crippen molar-refractivity contribution in [2.45, 2.75) is 89.5 Å². The van der Waals surface area contributed by atoms with Crippen LogP contribution in [0.2, 0.25) is 0 Å². The van der Waals surface area contributed by atoms with Gasteiger partial charge >= 0.3 is 0 Å². The fraction of sp³-hybridized carbons (Fsp3) is 0.667. The first-order chi connectivity index (χ1) is 15.5. The minimum absolute atomic E-state index is 0.216. The molecular formula is C24H37FN6O. The largest absolute Gasteiger partial charge is 0.494 e. The first-order valence-corrected chi connectivity index (χ1v) is 12.1. The molecule has 2 aliphatic carbocycles. The van der Waals surface area contributed by atoms with Gasteiger partial charge in [-0.25, -0.2) is 9.38 Å². The molecule has 0 amide bonds. The highest BCUT2D eigenvalue weighted by atomic mass is 19.1. The van der Waals surface area contributed by atoms with Crippen LogP contribution in [0.1, 0.15) is 71.1 Å². The molecule has 0 spiro atoms. The Morgan fingerprint density at radius 2 is 1.78 bits per heavy atom. The lowest BCUT2D eigenvalue weighted by molar-refractivity contribution is 0.172. The Morgan fingerprint density at radius 1 is 1.06 bits per heavy atom. The van der Waals surface area contributed by atoms with Gasteiger partial charge in [-0.05, 0) is 56.6 Å². The summed E-state index contributed by atoms with van der Waals surface area (Å²) >= 11 is 0. The number of anilines is 1. The molecule has 8 heteroatoms. The molecule has 1 aliphatic heterocycles. The maximum absolute atomic E-state index is 14.3. The van der Waals surface area contributed by atoms with Crippen molar-refractivity contribution in [1.82, 2.24) is 10.2 Å². The Balaban J connectivity index is 1.56. The highest BCUT2D eigenvalue weighted by Gasteiger charge is 2.33. The van der Waals surface area contributed by atoms with Gasteiger partial charge in [0, 0.05) is 23.8 Å². The van der Waals surface area contributed by atoms with E-state index in [1.54, 1.807) is 12.1 Å².